The van der Waals surface area contributed by atoms with Crippen LogP contribution in [-0.4, -0.2) is 17.7 Å². The summed E-state index contributed by atoms with van der Waals surface area (Å²) in [6.45, 7) is 4.84. The molecule has 0 spiro atoms. The molecule has 0 aliphatic heterocycles. The number of unbranched alkanes of at least 4 members (excludes halogenated alkanes) is 3. The van der Waals surface area contributed by atoms with Gasteiger partial charge in [-0.15, -0.1) is 0 Å². The van der Waals surface area contributed by atoms with E-state index in [1.165, 1.54) is 31.0 Å². The summed E-state index contributed by atoms with van der Waals surface area (Å²) in [4.78, 5) is 24.8. The Labute approximate surface area is 171 Å². The van der Waals surface area contributed by atoms with E-state index in [4.69, 9.17) is 9.47 Å². The van der Waals surface area contributed by atoms with Gasteiger partial charge in [0.1, 0.15) is 11.5 Å². The van der Waals surface area contributed by atoms with E-state index in [2.05, 4.69) is 6.92 Å². The smallest absolute Gasteiger partial charge is 0.311 e. The molecule has 0 heterocycles. The van der Waals surface area contributed by atoms with Crippen molar-refractivity contribution in [3.8, 4) is 11.5 Å². The van der Waals surface area contributed by atoms with Gasteiger partial charge in [-0.1, -0.05) is 33.1 Å². The highest BCUT2D eigenvalue weighted by Gasteiger charge is 2.10. The van der Waals surface area contributed by atoms with Crippen LogP contribution in [0.15, 0.2) is 53.4 Å². The molecule has 28 heavy (non-hydrogen) atoms. The number of hydrogen-bond donors (Lipinski definition) is 0. The van der Waals surface area contributed by atoms with Gasteiger partial charge in [-0.25, -0.2) is 0 Å². The van der Waals surface area contributed by atoms with Crippen molar-refractivity contribution in [3.63, 3.8) is 0 Å². The first-order valence-electron chi connectivity index (χ1n) is 9.88. The summed E-state index contributed by atoms with van der Waals surface area (Å²) in [6.07, 6.45) is 5.84. The minimum Gasteiger partial charge on any atom is -0.494 e. The van der Waals surface area contributed by atoms with Gasteiger partial charge in [0, 0.05) is 16.9 Å². The predicted octanol–water partition coefficient (Wildman–Crippen LogP) is 6.28. The molecule has 0 fully saturated rings. The Morgan fingerprint density at radius 1 is 0.821 bits per heavy atom. The fourth-order valence-corrected chi connectivity index (χ4v) is 3.27. The minimum absolute atomic E-state index is 0.0559. The second-order valence-electron chi connectivity index (χ2n) is 6.52. The van der Waals surface area contributed by atoms with Crippen molar-refractivity contribution in [2.75, 3.05) is 6.61 Å². The molecule has 2 aromatic carbocycles. The number of thioether (sulfide) groups is 1. The third kappa shape index (κ3) is 7.77. The summed E-state index contributed by atoms with van der Waals surface area (Å²) in [6, 6.07) is 14.2. The molecule has 5 heteroatoms. The summed E-state index contributed by atoms with van der Waals surface area (Å²) in [5, 5.41) is -0.0559. The standard InChI is InChI=1S/C23H28O4S/c1-3-5-6-7-17-26-19-13-15-21(16-14-19)28-23(25)18-9-11-20(12-10-18)27-22(24)8-4-2/h9-16H,3-8,17H2,1-2H3. The van der Waals surface area contributed by atoms with Gasteiger partial charge in [-0.3, -0.25) is 9.59 Å². The van der Waals surface area contributed by atoms with Crippen molar-refractivity contribution in [2.45, 2.75) is 57.3 Å². The molecule has 0 radical (unpaired) electrons. The lowest BCUT2D eigenvalue weighted by Crippen LogP contribution is -2.06. The molecule has 0 atom stereocenters. The Balaban J connectivity index is 1.82. The number of ether oxygens (including phenoxy) is 2. The maximum Gasteiger partial charge on any atom is 0.311 e. The molecule has 0 aliphatic carbocycles. The monoisotopic (exact) mass is 400 g/mol. The number of benzene rings is 2. The topological polar surface area (TPSA) is 52.6 Å². The van der Waals surface area contributed by atoms with Gasteiger partial charge in [0.25, 0.3) is 0 Å². The van der Waals surface area contributed by atoms with Gasteiger partial charge >= 0.3 is 5.97 Å². The van der Waals surface area contributed by atoms with Crippen LogP contribution in [0, 0.1) is 0 Å². The van der Waals surface area contributed by atoms with E-state index in [-0.39, 0.29) is 11.1 Å². The average Bonchev–Trinajstić information content (AvgIpc) is 2.70. The first kappa shape index (κ1) is 22.0. The van der Waals surface area contributed by atoms with Crippen molar-refractivity contribution >= 4 is 22.8 Å². The second kappa shape index (κ2) is 12.2. The van der Waals surface area contributed by atoms with E-state index in [9.17, 15) is 9.59 Å². The fraction of sp³-hybridized carbons (Fsp3) is 0.391. The fourth-order valence-electron chi connectivity index (χ4n) is 2.53. The first-order chi connectivity index (χ1) is 13.6. The van der Waals surface area contributed by atoms with E-state index in [1.807, 2.05) is 31.2 Å². The average molecular weight is 401 g/mol. The quantitative estimate of drug-likeness (QED) is 0.192. The molecule has 0 saturated carbocycles. The Kier molecular flexibility index (Phi) is 9.63. The summed E-state index contributed by atoms with van der Waals surface area (Å²) < 4.78 is 10.9. The maximum atomic E-state index is 12.4. The van der Waals surface area contributed by atoms with Crippen molar-refractivity contribution in [1.29, 1.82) is 0 Å². The second-order valence-corrected chi connectivity index (χ2v) is 7.56. The number of carbonyl (C=O) groups excluding carboxylic acids is 2. The summed E-state index contributed by atoms with van der Waals surface area (Å²) in [5.41, 5.74) is 0.566. The number of hydrogen-bond acceptors (Lipinski definition) is 5. The Bertz CT molecular complexity index is 738. The number of esters is 1. The van der Waals surface area contributed by atoms with Crippen LogP contribution in [0.4, 0.5) is 0 Å². The minimum atomic E-state index is -0.261. The van der Waals surface area contributed by atoms with Crippen LogP contribution < -0.4 is 9.47 Å². The zero-order valence-corrected chi connectivity index (χ0v) is 17.4. The van der Waals surface area contributed by atoms with Crippen LogP contribution in [-0.2, 0) is 4.79 Å². The zero-order chi connectivity index (χ0) is 20.2. The Morgan fingerprint density at radius 3 is 2.14 bits per heavy atom. The molecule has 0 saturated heterocycles. The predicted molar refractivity (Wildman–Crippen MR) is 113 cm³/mol. The summed E-state index contributed by atoms with van der Waals surface area (Å²) in [7, 11) is 0. The molecular weight excluding hydrogens is 372 g/mol. The van der Waals surface area contributed by atoms with Crippen molar-refractivity contribution in [2.24, 2.45) is 0 Å². The van der Waals surface area contributed by atoms with Crippen LogP contribution in [0.3, 0.4) is 0 Å². The van der Waals surface area contributed by atoms with Gasteiger partial charge in [-0.2, -0.15) is 0 Å². The maximum absolute atomic E-state index is 12.4. The summed E-state index contributed by atoms with van der Waals surface area (Å²) in [5.74, 6) is 1.02. The molecule has 0 bridgehead atoms. The van der Waals surface area contributed by atoms with E-state index in [1.54, 1.807) is 24.3 Å². The molecule has 4 nitrogen and oxygen atoms in total. The molecule has 0 aliphatic rings. The lowest BCUT2D eigenvalue weighted by molar-refractivity contribution is -0.134. The molecule has 0 aromatic heterocycles. The highest BCUT2D eigenvalue weighted by molar-refractivity contribution is 8.14. The lowest BCUT2D eigenvalue weighted by Gasteiger charge is -2.07. The largest absolute Gasteiger partial charge is 0.494 e. The third-order valence-electron chi connectivity index (χ3n) is 4.08. The van der Waals surface area contributed by atoms with Crippen LogP contribution in [0.1, 0.15) is 62.7 Å². The van der Waals surface area contributed by atoms with Crippen molar-refractivity contribution < 1.29 is 19.1 Å². The molecule has 2 aromatic rings. The number of rotatable bonds is 11. The molecule has 0 amide bonds. The van der Waals surface area contributed by atoms with E-state index < -0.39 is 0 Å². The SMILES string of the molecule is CCCCCCOc1ccc(SC(=O)c2ccc(OC(=O)CCC)cc2)cc1. The molecule has 150 valence electrons. The van der Waals surface area contributed by atoms with Gasteiger partial charge in [-0.05, 0) is 73.1 Å². The van der Waals surface area contributed by atoms with Crippen molar-refractivity contribution in [1.82, 2.24) is 0 Å². The van der Waals surface area contributed by atoms with Gasteiger partial charge in [0.2, 0.25) is 5.12 Å². The van der Waals surface area contributed by atoms with E-state index in [0.29, 0.717) is 17.7 Å². The Hall–Kier alpha value is -2.27. The lowest BCUT2D eigenvalue weighted by atomic mass is 10.2. The highest BCUT2D eigenvalue weighted by atomic mass is 32.2. The van der Waals surface area contributed by atoms with Crippen LogP contribution >= 0.6 is 11.8 Å². The van der Waals surface area contributed by atoms with Crippen LogP contribution in [0.2, 0.25) is 0 Å². The van der Waals surface area contributed by atoms with Crippen LogP contribution in [0.5, 0.6) is 11.5 Å². The highest BCUT2D eigenvalue weighted by Crippen LogP contribution is 2.26. The van der Waals surface area contributed by atoms with Gasteiger partial charge < -0.3 is 9.47 Å². The molecule has 2 rings (SSSR count). The van der Waals surface area contributed by atoms with E-state index >= 15 is 0 Å². The third-order valence-corrected chi connectivity index (χ3v) is 5.01. The normalized spacial score (nSPS) is 10.5. The Morgan fingerprint density at radius 2 is 1.50 bits per heavy atom. The summed E-state index contributed by atoms with van der Waals surface area (Å²) >= 11 is 1.17. The molecular formula is C23H28O4S. The number of carbonyl (C=O) groups is 2. The van der Waals surface area contributed by atoms with Gasteiger partial charge in [0.05, 0.1) is 6.61 Å². The molecule has 0 N–H and O–H groups in total. The zero-order valence-electron chi connectivity index (χ0n) is 16.6. The van der Waals surface area contributed by atoms with Gasteiger partial charge in [0.15, 0.2) is 0 Å². The van der Waals surface area contributed by atoms with E-state index in [0.717, 1.165) is 30.1 Å². The van der Waals surface area contributed by atoms with Crippen molar-refractivity contribution in [3.05, 3.63) is 54.1 Å². The first-order valence-corrected chi connectivity index (χ1v) is 10.7. The molecule has 0 unspecified atom stereocenters. The van der Waals surface area contributed by atoms with Crippen LogP contribution in [0.25, 0.3) is 0 Å².